The summed E-state index contributed by atoms with van der Waals surface area (Å²) in [5, 5.41) is 9.86. The molecule has 2 aromatic rings. The lowest BCUT2D eigenvalue weighted by Crippen LogP contribution is -2.58. The Kier molecular flexibility index (Phi) is 8.50. The van der Waals surface area contributed by atoms with Crippen molar-refractivity contribution in [3.8, 4) is 0 Å². The van der Waals surface area contributed by atoms with Crippen LogP contribution in [-0.4, -0.2) is 105 Å². The van der Waals surface area contributed by atoms with Crippen molar-refractivity contribution in [1.82, 2.24) is 24.3 Å². The van der Waals surface area contributed by atoms with Crippen LogP contribution in [0.1, 0.15) is 37.3 Å². The van der Waals surface area contributed by atoms with Crippen molar-refractivity contribution in [1.29, 1.82) is 0 Å². The minimum absolute atomic E-state index is 0.0388. The molecule has 0 unspecified atom stereocenters. The van der Waals surface area contributed by atoms with E-state index >= 15 is 0 Å². The molecule has 0 saturated carbocycles. The molecule has 2 aliphatic rings. The van der Waals surface area contributed by atoms with Crippen LogP contribution in [0, 0.1) is 11.8 Å². The summed E-state index contributed by atoms with van der Waals surface area (Å²) in [6, 6.07) is 6.76. The van der Waals surface area contributed by atoms with Gasteiger partial charge in [0.1, 0.15) is 0 Å². The van der Waals surface area contributed by atoms with Crippen molar-refractivity contribution >= 4 is 34.8 Å². The van der Waals surface area contributed by atoms with Crippen molar-refractivity contribution in [3.63, 3.8) is 0 Å². The van der Waals surface area contributed by atoms with E-state index in [4.69, 9.17) is 10.5 Å². The summed E-state index contributed by atoms with van der Waals surface area (Å²) in [6.07, 6.45) is -0.739. The average Bonchev–Trinajstić information content (AvgIpc) is 3.28. The van der Waals surface area contributed by atoms with Crippen LogP contribution in [0.4, 0.5) is 4.79 Å². The maximum absolute atomic E-state index is 14.1. The number of carboxylic acid groups (broad SMARTS) is 1. The first kappa shape index (κ1) is 27.4. The molecule has 0 spiro atoms. The third kappa shape index (κ3) is 6.07. The smallest absolute Gasteiger partial charge is 0.407 e. The summed E-state index contributed by atoms with van der Waals surface area (Å²) in [5.41, 5.74) is 6.72. The van der Waals surface area contributed by atoms with Gasteiger partial charge in [-0.15, -0.1) is 0 Å². The van der Waals surface area contributed by atoms with Crippen molar-refractivity contribution in [2.45, 2.75) is 39.3 Å². The minimum Gasteiger partial charge on any atom is -0.465 e. The molecule has 0 radical (unpaired) electrons. The molecule has 3 heterocycles. The van der Waals surface area contributed by atoms with Crippen LogP contribution in [0.3, 0.4) is 0 Å². The van der Waals surface area contributed by atoms with Crippen LogP contribution in [-0.2, 0) is 20.9 Å². The van der Waals surface area contributed by atoms with Crippen LogP contribution >= 0.6 is 0 Å². The van der Waals surface area contributed by atoms with Gasteiger partial charge in [0.05, 0.1) is 36.2 Å². The highest BCUT2D eigenvalue weighted by Gasteiger charge is 2.40. The van der Waals surface area contributed by atoms with E-state index in [1.54, 1.807) is 20.4 Å². The second kappa shape index (κ2) is 11.8. The number of nitrogens with two attached hydrogens (primary N) is 1. The number of morpholine rings is 1. The molecule has 1 aromatic heterocycles. The van der Waals surface area contributed by atoms with Gasteiger partial charge in [0.25, 0.3) is 5.91 Å². The average molecular weight is 529 g/mol. The fraction of sp³-hybridized carbons (Fsp3) is 0.577. The predicted molar refractivity (Wildman–Crippen MR) is 138 cm³/mol. The van der Waals surface area contributed by atoms with Gasteiger partial charge in [-0.1, -0.05) is 26.0 Å². The summed E-state index contributed by atoms with van der Waals surface area (Å²) in [4.78, 5) is 60.3. The topological polar surface area (TPSA) is 151 Å². The minimum atomic E-state index is -1.12. The van der Waals surface area contributed by atoms with Crippen LogP contribution in [0.15, 0.2) is 24.3 Å². The number of imidazole rings is 1. The lowest BCUT2D eigenvalue weighted by atomic mass is 9.91. The number of likely N-dealkylation sites (tertiary alicyclic amines) is 1. The number of hydrogen-bond acceptors (Lipinski definition) is 6. The number of hydrogen-bond donors (Lipinski definition) is 2. The Morgan fingerprint density at radius 2 is 1.84 bits per heavy atom. The Labute approximate surface area is 221 Å². The van der Waals surface area contributed by atoms with Gasteiger partial charge in [0.2, 0.25) is 11.8 Å². The first-order valence-corrected chi connectivity index (χ1v) is 13.0. The number of rotatable bonds is 8. The highest BCUT2D eigenvalue weighted by Crippen LogP contribution is 2.27. The Morgan fingerprint density at radius 1 is 1.13 bits per heavy atom. The normalized spacial score (nSPS) is 20.1. The van der Waals surface area contributed by atoms with Gasteiger partial charge in [0, 0.05) is 45.7 Å². The van der Waals surface area contributed by atoms with E-state index in [1.165, 1.54) is 4.90 Å². The summed E-state index contributed by atoms with van der Waals surface area (Å²) >= 11 is 0. The molecular formula is C26H36N6O6. The van der Waals surface area contributed by atoms with Gasteiger partial charge < -0.3 is 34.8 Å². The lowest BCUT2D eigenvalue weighted by Gasteiger charge is -2.43. The Balaban J connectivity index is 1.67. The number of amides is 4. The third-order valence-corrected chi connectivity index (χ3v) is 7.06. The van der Waals surface area contributed by atoms with E-state index in [-0.39, 0.29) is 49.6 Å². The van der Waals surface area contributed by atoms with Gasteiger partial charge >= 0.3 is 6.09 Å². The van der Waals surface area contributed by atoms with Crippen molar-refractivity contribution in [2.75, 3.05) is 45.9 Å². The lowest BCUT2D eigenvalue weighted by molar-refractivity contribution is -0.142. The van der Waals surface area contributed by atoms with E-state index in [0.29, 0.717) is 50.3 Å². The fourth-order valence-electron chi connectivity index (χ4n) is 5.28. The fourth-order valence-corrected chi connectivity index (χ4v) is 5.28. The van der Waals surface area contributed by atoms with E-state index in [0.717, 1.165) is 0 Å². The summed E-state index contributed by atoms with van der Waals surface area (Å²) < 4.78 is 7.06. The van der Waals surface area contributed by atoms with E-state index < -0.39 is 24.0 Å². The first-order valence-electron chi connectivity index (χ1n) is 13.0. The van der Waals surface area contributed by atoms with Gasteiger partial charge in [-0.25, -0.2) is 9.78 Å². The molecule has 38 heavy (non-hydrogen) atoms. The zero-order valence-corrected chi connectivity index (χ0v) is 21.9. The SMILES string of the molecule is CC(C)CN(C(=O)c1nc2ccccc2n1CCC(N)=O)[C@H]1C[C@@H](C(=O)N2CCOCC2)CN(C(=O)O)C1. The molecule has 4 amide bonds. The van der Waals surface area contributed by atoms with E-state index in [1.807, 2.05) is 32.0 Å². The van der Waals surface area contributed by atoms with Gasteiger partial charge in [-0.05, 0) is 24.5 Å². The molecule has 4 rings (SSSR count). The van der Waals surface area contributed by atoms with Gasteiger partial charge in [-0.2, -0.15) is 0 Å². The molecule has 0 bridgehead atoms. The highest BCUT2D eigenvalue weighted by molar-refractivity contribution is 5.95. The quantitative estimate of drug-likeness (QED) is 0.523. The number of primary amides is 1. The number of aromatic nitrogens is 2. The standard InChI is InChI=1S/C26H36N6O6/c1-17(2)14-32(25(35)23-28-20-5-3-4-6-21(20)31(23)8-7-22(27)33)19-13-18(15-30(16-19)26(36)37)24(34)29-9-11-38-12-10-29/h3-6,17-19H,7-16H2,1-2H3,(H2,27,33)(H,36,37)/t18-,19+/m1/s1. The maximum Gasteiger partial charge on any atom is 0.407 e. The molecule has 0 aliphatic carbocycles. The number of benzene rings is 1. The van der Waals surface area contributed by atoms with Crippen molar-refractivity contribution in [2.24, 2.45) is 17.6 Å². The summed E-state index contributed by atoms with van der Waals surface area (Å²) in [5.74, 6) is -1.30. The van der Waals surface area contributed by atoms with Crippen LogP contribution in [0.5, 0.6) is 0 Å². The molecule has 2 saturated heterocycles. The van der Waals surface area contributed by atoms with Crippen molar-refractivity contribution < 1.29 is 29.0 Å². The number of para-hydroxylation sites is 2. The van der Waals surface area contributed by atoms with Gasteiger partial charge in [-0.3, -0.25) is 14.4 Å². The number of carbonyl (C=O) groups is 4. The first-order chi connectivity index (χ1) is 18.2. The second-order valence-corrected chi connectivity index (χ2v) is 10.4. The third-order valence-electron chi connectivity index (χ3n) is 7.06. The van der Waals surface area contributed by atoms with Crippen LogP contribution in [0.2, 0.25) is 0 Å². The summed E-state index contributed by atoms with van der Waals surface area (Å²) in [7, 11) is 0. The zero-order valence-electron chi connectivity index (χ0n) is 21.9. The Bertz CT molecular complexity index is 1190. The molecule has 12 nitrogen and oxygen atoms in total. The van der Waals surface area contributed by atoms with Crippen molar-refractivity contribution in [3.05, 3.63) is 30.1 Å². The number of carbonyl (C=O) groups excluding carboxylic acids is 3. The number of nitrogens with zero attached hydrogens (tertiary/aromatic N) is 5. The highest BCUT2D eigenvalue weighted by atomic mass is 16.5. The predicted octanol–water partition coefficient (Wildman–Crippen LogP) is 1.24. The maximum atomic E-state index is 14.1. The summed E-state index contributed by atoms with van der Waals surface area (Å²) in [6.45, 7) is 6.51. The number of aryl methyl sites for hydroxylation is 1. The Morgan fingerprint density at radius 3 is 2.50 bits per heavy atom. The molecule has 2 aliphatic heterocycles. The molecule has 12 heteroatoms. The molecule has 2 atom stereocenters. The number of ether oxygens (including phenoxy) is 1. The molecule has 206 valence electrons. The van der Waals surface area contributed by atoms with E-state index in [2.05, 4.69) is 4.98 Å². The molecule has 2 fully saturated rings. The molecule has 3 N–H and O–H groups in total. The number of fused-ring (bicyclic) bond motifs is 1. The Hall–Kier alpha value is -3.67. The largest absolute Gasteiger partial charge is 0.465 e. The van der Waals surface area contributed by atoms with Gasteiger partial charge in [0.15, 0.2) is 5.82 Å². The second-order valence-electron chi connectivity index (χ2n) is 10.4. The molecule has 1 aromatic carbocycles. The number of piperidine rings is 1. The monoisotopic (exact) mass is 528 g/mol. The van der Waals surface area contributed by atoms with Crippen LogP contribution in [0.25, 0.3) is 11.0 Å². The van der Waals surface area contributed by atoms with Crippen LogP contribution < -0.4 is 5.73 Å². The zero-order chi connectivity index (χ0) is 27.4. The van der Waals surface area contributed by atoms with E-state index in [9.17, 15) is 24.3 Å². The molecular weight excluding hydrogens is 492 g/mol.